The zero-order valence-electron chi connectivity index (χ0n) is 32.8. The molecule has 9 heteroatoms. The van der Waals surface area contributed by atoms with E-state index in [0.29, 0.717) is 31.1 Å². The molecule has 0 spiro atoms. The van der Waals surface area contributed by atoms with Crippen LogP contribution in [0.4, 0.5) is 0 Å². The number of rotatable bonds is 8. The van der Waals surface area contributed by atoms with Gasteiger partial charge in [-0.25, -0.2) is 0 Å². The second kappa shape index (κ2) is 19.0. The van der Waals surface area contributed by atoms with Gasteiger partial charge in [0.15, 0.2) is 0 Å². The van der Waals surface area contributed by atoms with E-state index in [1.165, 1.54) is 0 Å². The minimum atomic E-state index is -0.342. The van der Waals surface area contributed by atoms with Gasteiger partial charge in [-0.3, -0.25) is 0 Å². The standard InChI is InChI=1S/2C22H28O2S2.Ni/c2*1-21(2,3)23-16-12-13-18(24-22(4,5)6)17(14-16)20(26)19(25)15-10-8-7-9-11-15;/h2*7-14,25-26H,1-6H3;/p-4/b2*20-19-;. The number of hydrogen-bond acceptors (Lipinski definition) is 8. The van der Waals surface area contributed by atoms with Crippen LogP contribution in [0.1, 0.15) is 105 Å². The van der Waals surface area contributed by atoms with Gasteiger partial charge in [0.05, 0.1) is 0 Å². The van der Waals surface area contributed by atoms with E-state index in [4.69, 9.17) is 69.5 Å². The molecule has 0 heterocycles. The van der Waals surface area contributed by atoms with Crippen molar-refractivity contribution in [3.63, 3.8) is 0 Å². The molecule has 4 nitrogen and oxygen atoms in total. The van der Waals surface area contributed by atoms with Crippen LogP contribution >= 0.6 is 0 Å². The zero-order chi connectivity index (χ0) is 39.1. The average molecular weight is 832 g/mol. The van der Waals surface area contributed by atoms with Crippen LogP contribution in [0, 0.1) is 0 Å². The molecule has 53 heavy (non-hydrogen) atoms. The van der Waals surface area contributed by atoms with E-state index in [0.717, 1.165) is 33.8 Å². The molecule has 290 valence electrons. The minimum absolute atomic E-state index is 0. The Kier molecular flexibility index (Phi) is 16.5. The molecule has 0 bridgehead atoms. The van der Waals surface area contributed by atoms with Crippen molar-refractivity contribution in [3.8, 4) is 23.0 Å². The van der Waals surface area contributed by atoms with Gasteiger partial charge in [-0.15, -0.1) is 0 Å². The van der Waals surface area contributed by atoms with Crippen LogP contribution < -0.4 is 18.9 Å². The van der Waals surface area contributed by atoms with Crippen LogP contribution in [0.2, 0.25) is 0 Å². The Balaban J connectivity index is 0.000000360. The molecule has 4 aromatic carbocycles. The molecule has 0 N–H and O–H groups in total. The molecule has 0 saturated heterocycles. The van der Waals surface area contributed by atoms with Crippen LogP contribution in [0.15, 0.2) is 97.1 Å². The van der Waals surface area contributed by atoms with Crippen molar-refractivity contribution in [1.82, 2.24) is 0 Å². The zero-order valence-corrected chi connectivity index (χ0v) is 37.1. The van der Waals surface area contributed by atoms with Crippen molar-refractivity contribution in [3.05, 3.63) is 119 Å². The predicted octanol–water partition coefficient (Wildman–Crippen LogP) is 11.9. The van der Waals surface area contributed by atoms with Crippen LogP contribution in [0.3, 0.4) is 0 Å². The molecule has 0 aromatic heterocycles. The van der Waals surface area contributed by atoms with Gasteiger partial charge in [0.1, 0.15) is 45.4 Å². The Morgan fingerprint density at radius 1 is 0.377 bits per heavy atom. The largest absolute Gasteiger partial charge is 0.780 e. The number of ether oxygens (including phenoxy) is 4. The summed E-state index contributed by atoms with van der Waals surface area (Å²) in [5.41, 5.74) is 2.14. The van der Waals surface area contributed by atoms with Crippen LogP contribution in [-0.2, 0) is 67.0 Å². The Hall–Kier alpha value is -3.07. The summed E-state index contributed by atoms with van der Waals surface area (Å²) in [7, 11) is 0. The van der Waals surface area contributed by atoms with Crippen molar-refractivity contribution in [2.24, 2.45) is 0 Å². The van der Waals surface area contributed by atoms with Gasteiger partial charge < -0.3 is 69.5 Å². The van der Waals surface area contributed by atoms with E-state index in [9.17, 15) is 0 Å². The topological polar surface area (TPSA) is 36.9 Å². The summed E-state index contributed by atoms with van der Waals surface area (Å²) in [6.45, 7) is 24.1. The first kappa shape index (κ1) is 46.1. The van der Waals surface area contributed by atoms with Crippen LogP contribution in [-0.4, -0.2) is 22.4 Å². The van der Waals surface area contributed by atoms with Crippen molar-refractivity contribution in [2.75, 3.05) is 0 Å². The summed E-state index contributed by atoms with van der Waals surface area (Å²) >= 11 is 22.7. The second-order valence-corrected chi connectivity index (χ2v) is 17.9. The monoisotopic (exact) mass is 830 g/mol. The van der Waals surface area contributed by atoms with E-state index in [1.807, 2.05) is 180 Å². The number of benzene rings is 4. The fourth-order valence-electron chi connectivity index (χ4n) is 4.73. The maximum absolute atomic E-state index is 6.12. The van der Waals surface area contributed by atoms with Gasteiger partial charge in [-0.2, -0.15) is 19.6 Å². The molecule has 0 atom stereocenters. The van der Waals surface area contributed by atoms with Gasteiger partial charge in [0.25, 0.3) is 0 Å². The number of hydrogen-bond donors (Lipinski definition) is 0. The SMILES string of the molecule is CC(C)(C)Oc1ccc(OC(C)(C)C)c(/C([S-])=C(/[S-])c2ccccc2)c1.CC(C)(C)Oc1ccc(OC(C)(C)C)c(/C([S-])=C(/[S-])c2ccccc2)c1.[Ni]. The normalized spacial score (nSPS) is 12.9. The smallest absolute Gasteiger partial charge is 0.126 e. The molecule has 0 saturated carbocycles. The fraction of sp³-hybridized carbons (Fsp3) is 0.364. The molecule has 0 aliphatic rings. The Morgan fingerprint density at radius 3 is 0.925 bits per heavy atom. The Bertz CT molecular complexity index is 1710. The molecule has 0 unspecified atom stereocenters. The molecule has 0 radical (unpaired) electrons. The van der Waals surface area contributed by atoms with E-state index in [2.05, 4.69) is 0 Å². The van der Waals surface area contributed by atoms with Gasteiger partial charge in [0.2, 0.25) is 0 Å². The quantitative estimate of drug-likeness (QED) is 0.0987. The summed E-state index contributed by atoms with van der Waals surface area (Å²) in [6, 6.07) is 31.1. The molecule has 4 rings (SSSR count). The van der Waals surface area contributed by atoms with E-state index >= 15 is 0 Å². The van der Waals surface area contributed by atoms with Crippen LogP contribution in [0.5, 0.6) is 23.0 Å². The predicted molar refractivity (Wildman–Crippen MR) is 230 cm³/mol. The Labute approximate surface area is 351 Å². The van der Waals surface area contributed by atoms with Crippen molar-refractivity contribution < 1.29 is 35.4 Å². The van der Waals surface area contributed by atoms with Crippen molar-refractivity contribution >= 4 is 70.1 Å². The van der Waals surface area contributed by atoms with Gasteiger partial charge in [-0.1, -0.05) is 60.7 Å². The first-order chi connectivity index (χ1) is 23.9. The minimum Gasteiger partial charge on any atom is -0.780 e. The third kappa shape index (κ3) is 15.7. The summed E-state index contributed by atoms with van der Waals surface area (Å²) < 4.78 is 24.3. The summed E-state index contributed by atoms with van der Waals surface area (Å²) in [6.07, 6.45) is 0. The van der Waals surface area contributed by atoms with Crippen LogP contribution in [0.25, 0.3) is 19.6 Å². The first-order valence-corrected chi connectivity index (χ1v) is 18.9. The average Bonchev–Trinajstić information content (AvgIpc) is 3.03. The van der Waals surface area contributed by atoms with Gasteiger partial charge >= 0.3 is 0 Å². The van der Waals surface area contributed by atoms with Crippen molar-refractivity contribution in [1.29, 1.82) is 0 Å². The molecular weight excluding hydrogens is 779 g/mol. The maximum Gasteiger partial charge on any atom is 0.126 e. The third-order valence-corrected chi connectivity index (χ3v) is 8.54. The van der Waals surface area contributed by atoms with Gasteiger partial charge in [-0.05, 0) is 142 Å². The van der Waals surface area contributed by atoms with E-state index < -0.39 is 0 Å². The Morgan fingerprint density at radius 2 is 0.660 bits per heavy atom. The van der Waals surface area contributed by atoms with E-state index in [1.54, 1.807) is 0 Å². The fourth-order valence-corrected chi connectivity index (χ4v) is 5.78. The summed E-state index contributed by atoms with van der Waals surface area (Å²) in [4.78, 5) is 2.44. The molecule has 0 fully saturated rings. The summed E-state index contributed by atoms with van der Waals surface area (Å²) in [5.74, 6) is 2.91. The third-order valence-electron chi connectivity index (χ3n) is 6.56. The summed E-state index contributed by atoms with van der Waals surface area (Å²) in [5, 5.41) is 0. The van der Waals surface area contributed by atoms with Crippen molar-refractivity contribution in [2.45, 2.75) is 105 Å². The molecule has 0 aliphatic carbocycles. The maximum atomic E-state index is 6.12. The first-order valence-electron chi connectivity index (χ1n) is 17.2. The molecule has 0 aliphatic heterocycles. The molecule has 0 amide bonds. The molecular formula is C44H52NiO4S4-4. The van der Waals surface area contributed by atoms with Gasteiger partial charge in [0, 0.05) is 16.5 Å². The molecule has 4 aromatic rings. The second-order valence-electron chi connectivity index (χ2n) is 16.2. The van der Waals surface area contributed by atoms with E-state index in [-0.39, 0.29) is 38.9 Å².